The Morgan fingerprint density at radius 2 is 0.846 bits per heavy atom. The van der Waals surface area contributed by atoms with Gasteiger partial charge in [-0.15, -0.1) is 0 Å². The lowest BCUT2D eigenvalue weighted by Gasteiger charge is -2.38. The number of nitrogens with zero attached hydrogens (tertiary/aromatic N) is 4. The summed E-state index contributed by atoms with van der Waals surface area (Å²) >= 11 is 0. The lowest BCUT2D eigenvalue weighted by molar-refractivity contribution is 1.05. The van der Waals surface area contributed by atoms with Crippen LogP contribution in [0, 0.1) is 0 Å². The Kier molecular flexibility index (Phi) is 6.31. The summed E-state index contributed by atoms with van der Waals surface area (Å²) in [5.74, 6) is 1.75. The van der Waals surface area contributed by atoms with Gasteiger partial charge in [-0.1, -0.05) is 151 Å². The Balaban J connectivity index is 1.28. The molecule has 0 radical (unpaired) electrons. The van der Waals surface area contributed by atoms with Crippen LogP contribution in [0.15, 0.2) is 188 Å². The molecule has 3 aromatic heterocycles. The van der Waals surface area contributed by atoms with Crippen molar-refractivity contribution in [3.05, 3.63) is 188 Å². The largest absolute Gasteiger partial charge is 0.361 e. The van der Waals surface area contributed by atoms with Crippen molar-refractivity contribution in [1.29, 1.82) is 0 Å². The summed E-state index contributed by atoms with van der Waals surface area (Å²) in [6.45, 7) is -0.0980. The third-order valence-electron chi connectivity index (χ3n) is 10.8. The van der Waals surface area contributed by atoms with Crippen molar-refractivity contribution >= 4 is 72.9 Å². The summed E-state index contributed by atoms with van der Waals surface area (Å²) in [6.07, 6.45) is 0. The topological polar surface area (TPSA) is 26.0 Å². The van der Waals surface area contributed by atoms with Gasteiger partial charge in [-0.3, -0.25) is 4.57 Å². The second kappa shape index (κ2) is 11.3. The number of hydrogen-bond acceptors (Lipinski definition) is 2. The molecule has 10 aromatic rings. The minimum Gasteiger partial charge on any atom is -0.361 e. The van der Waals surface area contributed by atoms with Gasteiger partial charge in [0.1, 0.15) is 11.6 Å². The maximum atomic E-state index is 5.69. The Morgan fingerprint density at radius 1 is 0.385 bits per heavy atom. The third kappa shape index (κ3) is 4.20. The maximum absolute atomic E-state index is 5.69. The Bertz CT molecular complexity index is 2760. The highest BCUT2D eigenvalue weighted by Gasteiger charge is 2.38. The smallest absolute Gasteiger partial charge is 0.330 e. The van der Waals surface area contributed by atoms with Crippen molar-refractivity contribution < 1.29 is 0 Å². The molecule has 7 aromatic carbocycles. The van der Waals surface area contributed by atoms with Gasteiger partial charge < -0.3 is 9.38 Å². The van der Waals surface area contributed by atoms with Crippen LogP contribution in [0.1, 0.15) is 0 Å². The molecule has 0 saturated carbocycles. The van der Waals surface area contributed by atoms with Crippen molar-refractivity contribution in [2.45, 2.75) is 0 Å². The average molecular weight is 663 g/mol. The fraction of sp³-hybridized carbons (Fsp3) is 0. The van der Waals surface area contributed by atoms with E-state index in [1.54, 1.807) is 0 Å². The number of fused-ring (bicyclic) bond motifs is 9. The summed E-state index contributed by atoms with van der Waals surface area (Å²) in [7, 11) is 0. The third-order valence-corrected chi connectivity index (χ3v) is 10.8. The van der Waals surface area contributed by atoms with E-state index in [0.29, 0.717) is 0 Å². The van der Waals surface area contributed by atoms with E-state index in [1.807, 2.05) is 0 Å². The van der Waals surface area contributed by atoms with E-state index >= 15 is 0 Å². The number of pyridine rings is 1. The molecule has 0 aliphatic carbocycles. The summed E-state index contributed by atoms with van der Waals surface area (Å²) in [5, 5.41) is 4.88. The van der Waals surface area contributed by atoms with E-state index in [4.69, 9.17) is 4.98 Å². The zero-order chi connectivity index (χ0) is 34.2. The van der Waals surface area contributed by atoms with Gasteiger partial charge >= 0.3 is 6.85 Å². The van der Waals surface area contributed by atoms with Gasteiger partial charge in [0.15, 0.2) is 0 Å². The normalized spacial score (nSPS) is 12.5. The van der Waals surface area contributed by atoms with Crippen LogP contribution in [0.3, 0.4) is 0 Å². The van der Waals surface area contributed by atoms with E-state index < -0.39 is 0 Å². The number of para-hydroxylation sites is 5. The zero-order valence-corrected chi connectivity index (χ0v) is 28.3. The van der Waals surface area contributed by atoms with E-state index in [0.717, 1.165) is 45.1 Å². The predicted molar refractivity (Wildman–Crippen MR) is 218 cm³/mol. The SMILES string of the molecule is c1ccc(B2c3ccccc3-c3ccccc3N2c2cc(-n3c4ccccc4c4ccccc43)cc(-n3c4ccccc4c4ccccc43)n2)cc1. The van der Waals surface area contributed by atoms with Crippen LogP contribution in [0.5, 0.6) is 0 Å². The monoisotopic (exact) mass is 662 g/mol. The molecule has 0 N–H and O–H groups in total. The average Bonchev–Trinajstić information content (AvgIpc) is 3.74. The van der Waals surface area contributed by atoms with E-state index in [-0.39, 0.29) is 6.85 Å². The molecule has 0 unspecified atom stereocenters. The van der Waals surface area contributed by atoms with Gasteiger partial charge in [0.05, 0.1) is 27.8 Å². The van der Waals surface area contributed by atoms with Crippen molar-refractivity contribution in [2.24, 2.45) is 0 Å². The van der Waals surface area contributed by atoms with Crippen LogP contribution in [-0.2, 0) is 0 Å². The van der Waals surface area contributed by atoms with Crippen molar-refractivity contribution in [3.8, 4) is 22.6 Å². The molecule has 242 valence electrons. The molecule has 0 amide bonds. The molecule has 0 saturated heterocycles. The standard InChI is InChI=1S/C47H31BN4/c1-2-16-32(17-3-1)48-40-24-10-4-18-34(40)35-19-9-15-29-45(35)52(48)47-31-33(50-41-25-11-5-20-36(41)37-21-6-12-26-42(37)50)30-46(49-47)51-43-27-13-7-22-38(43)39-23-8-14-28-44(39)51/h1-31H. The van der Waals surface area contributed by atoms with Gasteiger partial charge in [-0.05, 0) is 41.4 Å². The highest BCUT2D eigenvalue weighted by molar-refractivity contribution is 6.90. The van der Waals surface area contributed by atoms with Gasteiger partial charge in [0.25, 0.3) is 0 Å². The highest BCUT2D eigenvalue weighted by atomic mass is 15.2. The van der Waals surface area contributed by atoms with Crippen molar-refractivity contribution in [1.82, 2.24) is 14.1 Å². The van der Waals surface area contributed by atoms with Crippen molar-refractivity contribution in [2.75, 3.05) is 4.81 Å². The minimum absolute atomic E-state index is 0.0980. The molecule has 1 aliphatic rings. The number of benzene rings is 7. The van der Waals surface area contributed by atoms with Crippen LogP contribution in [0.4, 0.5) is 11.5 Å². The Morgan fingerprint density at radius 3 is 1.46 bits per heavy atom. The van der Waals surface area contributed by atoms with Crippen LogP contribution in [-0.4, -0.2) is 21.0 Å². The molecular formula is C47H31BN4. The molecule has 11 rings (SSSR count). The molecule has 0 fully saturated rings. The van der Waals surface area contributed by atoms with E-state index in [9.17, 15) is 0 Å². The zero-order valence-electron chi connectivity index (χ0n) is 28.3. The quantitative estimate of drug-likeness (QED) is 0.175. The van der Waals surface area contributed by atoms with Gasteiger partial charge in [-0.25, -0.2) is 4.98 Å². The molecule has 5 heteroatoms. The lowest BCUT2D eigenvalue weighted by atomic mass is 9.46. The number of aromatic nitrogens is 3. The van der Waals surface area contributed by atoms with Crippen LogP contribution < -0.4 is 15.7 Å². The van der Waals surface area contributed by atoms with Crippen LogP contribution in [0.2, 0.25) is 0 Å². The Labute approximate surface area is 301 Å². The number of hydrogen-bond donors (Lipinski definition) is 0. The van der Waals surface area contributed by atoms with Crippen LogP contribution >= 0.6 is 0 Å². The van der Waals surface area contributed by atoms with Crippen molar-refractivity contribution in [3.63, 3.8) is 0 Å². The highest BCUT2D eigenvalue weighted by Crippen LogP contribution is 2.41. The molecule has 0 bridgehead atoms. The molecule has 0 atom stereocenters. The molecule has 1 aliphatic heterocycles. The molecule has 52 heavy (non-hydrogen) atoms. The maximum Gasteiger partial charge on any atom is 0.330 e. The lowest BCUT2D eigenvalue weighted by Crippen LogP contribution is -2.57. The number of anilines is 2. The Hall–Kier alpha value is -6.85. The molecular weight excluding hydrogens is 631 g/mol. The van der Waals surface area contributed by atoms with Gasteiger partial charge in [0.2, 0.25) is 0 Å². The molecule has 4 heterocycles. The van der Waals surface area contributed by atoms with Gasteiger partial charge in [-0.2, -0.15) is 0 Å². The summed E-state index contributed by atoms with van der Waals surface area (Å²) in [6, 6.07) is 67.8. The second-order valence-corrected chi connectivity index (χ2v) is 13.6. The first-order chi connectivity index (χ1) is 25.8. The summed E-state index contributed by atoms with van der Waals surface area (Å²) in [4.78, 5) is 8.15. The fourth-order valence-electron chi connectivity index (χ4n) is 8.62. The fourth-order valence-corrected chi connectivity index (χ4v) is 8.62. The second-order valence-electron chi connectivity index (χ2n) is 13.6. The summed E-state index contributed by atoms with van der Waals surface area (Å²) in [5.41, 5.74) is 11.7. The summed E-state index contributed by atoms with van der Waals surface area (Å²) < 4.78 is 4.75. The predicted octanol–water partition coefficient (Wildman–Crippen LogP) is 10.2. The van der Waals surface area contributed by atoms with E-state index in [2.05, 4.69) is 202 Å². The molecule has 0 spiro atoms. The molecule has 4 nitrogen and oxygen atoms in total. The van der Waals surface area contributed by atoms with Gasteiger partial charge in [0, 0.05) is 44.9 Å². The minimum atomic E-state index is -0.0980. The first kappa shape index (κ1) is 28.9. The van der Waals surface area contributed by atoms with Crippen LogP contribution in [0.25, 0.3) is 66.2 Å². The van der Waals surface area contributed by atoms with E-state index in [1.165, 1.54) is 43.6 Å². The first-order valence-electron chi connectivity index (χ1n) is 17.9. The first-order valence-corrected chi connectivity index (χ1v) is 17.9. The number of rotatable bonds is 4.